The molecule has 0 aromatic heterocycles. The van der Waals surface area contributed by atoms with E-state index >= 15 is 0 Å². The molecule has 30 heavy (non-hydrogen) atoms. The summed E-state index contributed by atoms with van der Waals surface area (Å²) in [7, 11) is 0. The normalized spacial score (nSPS) is 31.2. The summed E-state index contributed by atoms with van der Waals surface area (Å²) >= 11 is 7.38. The first kappa shape index (κ1) is 21.5. The highest BCUT2D eigenvalue weighted by Gasteiger charge is 2.58. The summed E-state index contributed by atoms with van der Waals surface area (Å²) < 4.78 is 42.0. The number of anilines is 1. The zero-order valence-corrected chi connectivity index (χ0v) is 17.6. The number of hydrogen-bond acceptors (Lipinski definition) is 3. The number of hydrogen-bond donors (Lipinski definition) is 2. The molecule has 0 radical (unpaired) electrons. The Kier molecular flexibility index (Phi) is 6.06. The molecule has 2 aliphatic rings. The van der Waals surface area contributed by atoms with E-state index in [-0.39, 0.29) is 17.6 Å². The van der Waals surface area contributed by atoms with Crippen molar-refractivity contribution in [3.05, 3.63) is 65.2 Å². The van der Waals surface area contributed by atoms with Crippen molar-refractivity contribution in [3.8, 4) is 0 Å². The molecule has 1 saturated heterocycles. The molecular weight excluding hydrogens is 433 g/mol. The summed E-state index contributed by atoms with van der Waals surface area (Å²) in [6.07, 6.45) is -3.78. The van der Waals surface area contributed by atoms with Crippen molar-refractivity contribution >= 4 is 35.0 Å². The molecule has 1 amide bonds. The molecule has 3 nitrogen and oxygen atoms in total. The van der Waals surface area contributed by atoms with Crippen molar-refractivity contribution in [1.82, 2.24) is 0 Å². The van der Waals surface area contributed by atoms with Crippen LogP contribution in [0.25, 0.3) is 0 Å². The van der Waals surface area contributed by atoms with Gasteiger partial charge in [-0.15, -0.1) is 11.8 Å². The smallest absolute Gasteiger partial charge is 0.326 e. The number of alkyl halides is 3. The Morgan fingerprint density at radius 3 is 2.40 bits per heavy atom. The molecule has 1 aliphatic heterocycles. The molecule has 2 fully saturated rings. The van der Waals surface area contributed by atoms with Gasteiger partial charge in [-0.1, -0.05) is 54.1 Å². The van der Waals surface area contributed by atoms with Gasteiger partial charge in [0.2, 0.25) is 5.91 Å². The molecule has 3 N–H and O–H groups in total. The van der Waals surface area contributed by atoms with E-state index in [1.54, 1.807) is 24.3 Å². The van der Waals surface area contributed by atoms with Gasteiger partial charge in [0.05, 0.1) is 21.9 Å². The van der Waals surface area contributed by atoms with Gasteiger partial charge in [0.15, 0.2) is 0 Å². The molecule has 6 unspecified atom stereocenters. The van der Waals surface area contributed by atoms with Crippen molar-refractivity contribution < 1.29 is 18.0 Å². The Hall–Kier alpha value is -1.70. The fraction of sp³-hybridized carbons (Fsp3) is 0.409. The number of carbonyl (C=O) groups is 1. The van der Waals surface area contributed by atoms with Gasteiger partial charge in [-0.05, 0) is 42.4 Å². The van der Waals surface area contributed by atoms with Gasteiger partial charge >= 0.3 is 6.18 Å². The Bertz CT molecular complexity index is 911. The fourth-order valence-corrected chi connectivity index (χ4v) is 6.75. The lowest BCUT2D eigenvalue weighted by Gasteiger charge is -2.40. The molecule has 160 valence electrons. The minimum absolute atomic E-state index is 0.00178. The molecular formula is C22H22ClF3N2OS. The maximum atomic E-state index is 14.0. The number of thioether (sulfide) groups is 1. The van der Waals surface area contributed by atoms with Gasteiger partial charge < -0.3 is 11.1 Å². The van der Waals surface area contributed by atoms with E-state index in [0.717, 1.165) is 5.56 Å². The van der Waals surface area contributed by atoms with Crippen LogP contribution in [-0.4, -0.2) is 28.6 Å². The van der Waals surface area contributed by atoms with Gasteiger partial charge in [-0.3, -0.25) is 4.79 Å². The summed E-state index contributed by atoms with van der Waals surface area (Å²) in [4.78, 5) is 12.9. The lowest BCUT2D eigenvalue weighted by Crippen LogP contribution is -2.50. The Morgan fingerprint density at radius 1 is 1.07 bits per heavy atom. The molecule has 0 spiro atoms. The van der Waals surface area contributed by atoms with Crippen LogP contribution in [0, 0.1) is 11.8 Å². The SMILES string of the molecule is NC1C(C(=O)Nc2ccccc2Cl)SC2CC(c3ccccc3)CC(C(F)(F)F)C21. The summed E-state index contributed by atoms with van der Waals surface area (Å²) in [6.45, 7) is 0. The molecule has 1 saturated carbocycles. The second-order valence-electron chi connectivity index (χ2n) is 7.95. The first-order chi connectivity index (χ1) is 14.3. The van der Waals surface area contributed by atoms with Crippen molar-refractivity contribution in [2.75, 3.05) is 5.32 Å². The van der Waals surface area contributed by atoms with Crippen LogP contribution >= 0.6 is 23.4 Å². The third kappa shape index (κ3) is 4.20. The predicted octanol–water partition coefficient (Wildman–Crippen LogP) is 5.46. The third-order valence-corrected chi connectivity index (χ3v) is 8.15. The van der Waals surface area contributed by atoms with Crippen molar-refractivity contribution in [2.24, 2.45) is 17.6 Å². The highest BCUT2D eigenvalue weighted by Crippen LogP contribution is 2.56. The van der Waals surface area contributed by atoms with Crippen molar-refractivity contribution in [2.45, 2.75) is 41.5 Å². The van der Waals surface area contributed by atoms with Gasteiger partial charge in [0, 0.05) is 11.3 Å². The number of para-hydroxylation sites is 1. The second kappa shape index (κ2) is 8.44. The lowest BCUT2D eigenvalue weighted by molar-refractivity contribution is -0.198. The molecule has 2 aromatic carbocycles. The molecule has 1 aliphatic carbocycles. The summed E-state index contributed by atoms with van der Waals surface area (Å²) in [5, 5.41) is 2.03. The molecule has 6 atom stereocenters. The van der Waals surface area contributed by atoms with E-state index in [1.165, 1.54) is 11.8 Å². The minimum atomic E-state index is -4.36. The van der Waals surface area contributed by atoms with Crippen LogP contribution in [0.2, 0.25) is 5.02 Å². The van der Waals surface area contributed by atoms with E-state index in [9.17, 15) is 18.0 Å². The first-order valence-electron chi connectivity index (χ1n) is 9.84. The Labute approximate surface area is 182 Å². The predicted molar refractivity (Wildman–Crippen MR) is 115 cm³/mol. The van der Waals surface area contributed by atoms with E-state index in [1.807, 2.05) is 30.3 Å². The Morgan fingerprint density at radius 2 is 1.73 bits per heavy atom. The molecule has 8 heteroatoms. The average Bonchev–Trinajstić information content (AvgIpc) is 3.05. The van der Waals surface area contributed by atoms with Crippen LogP contribution in [0.1, 0.15) is 24.3 Å². The molecule has 0 bridgehead atoms. The maximum absolute atomic E-state index is 14.0. The van der Waals surface area contributed by atoms with E-state index < -0.39 is 35.2 Å². The number of nitrogens with one attached hydrogen (secondary N) is 1. The number of carbonyl (C=O) groups excluding carboxylic acids is 1. The second-order valence-corrected chi connectivity index (χ2v) is 9.74. The van der Waals surface area contributed by atoms with Crippen LogP contribution in [0.15, 0.2) is 54.6 Å². The highest BCUT2D eigenvalue weighted by molar-refractivity contribution is 8.01. The summed E-state index contributed by atoms with van der Waals surface area (Å²) in [6, 6.07) is 15.2. The van der Waals surface area contributed by atoms with Crippen molar-refractivity contribution in [3.63, 3.8) is 0 Å². The third-order valence-electron chi connectivity index (χ3n) is 6.15. The number of fused-ring (bicyclic) bond motifs is 1. The Balaban J connectivity index is 1.57. The van der Waals surface area contributed by atoms with Gasteiger partial charge in [0.25, 0.3) is 0 Å². The zero-order valence-electron chi connectivity index (χ0n) is 16.0. The monoisotopic (exact) mass is 454 g/mol. The van der Waals surface area contributed by atoms with Gasteiger partial charge in [-0.2, -0.15) is 13.2 Å². The zero-order chi connectivity index (χ0) is 21.5. The maximum Gasteiger partial charge on any atom is 0.392 e. The van der Waals surface area contributed by atoms with E-state index in [4.69, 9.17) is 17.3 Å². The fourth-order valence-electron chi connectivity index (χ4n) is 4.75. The summed E-state index contributed by atoms with van der Waals surface area (Å²) in [5.74, 6) is -2.91. The van der Waals surface area contributed by atoms with Crippen LogP contribution in [-0.2, 0) is 4.79 Å². The standard InChI is InChI=1S/C22H22ClF3N2OS/c23-15-8-4-5-9-16(15)28-21(29)20-19(27)18-14(22(24,25)26)10-13(11-17(18)30-20)12-6-2-1-3-7-12/h1-9,13-14,17-20H,10-11,27H2,(H,28,29). The molecule has 4 rings (SSSR count). The first-order valence-corrected chi connectivity index (χ1v) is 11.2. The highest BCUT2D eigenvalue weighted by atomic mass is 35.5. The summed E-state index contributed by atoms with van der Waals surface area (Å²) in [5.41, 5.74) is 7.62. The average molecular weight is 455 g/mol. The van der Waals surface area contributed by atoms with Crippen LogP contribution < -0.4 is 11.1 Å². The molecule has 2 aromatic rings. The number of benzene rings is 2. The number of rotatable bonds is 3. The topological polar surface area (TPSA) is 55.1 Å². The van der Waals surface area contributed by atoms with Gasteiger partial charge in [-0.25, -0.2) is 0 Å². The number of nitrogens with two attached hydrogens (primary N) is 1. The molecule has 1 heterocycles. The van der Waals surface area contributed by atoms with Crippen LogP contribution in [0.4, 0.5) is 18.9 Å². The van der Waals surface area contributed by atoms with Gasteiger partial charge in [0.1, 0.15) is 0 Å². The number of amides is 1. The van der Waals surface area contributed by atoms with Crippen LogP contribution in [0.3, 0.4) is 0 Å². The quantitative estimate of drug-likeness (QED) is 0.647. The van der Waals surface area contributed by atoms with Crippen molar-refractivity contribution in [1.29, 1.82) is 0 Å². The lowest BCUT2D eigenvalue weighted by atomic mass is 9.68. The number of halogens is 4. The largest absolute Gasteiger partial charge is 0.392 e. The van der Waals surface area contributed by atoms with E-state index in [0.29, 0.717) is 17.1 Å². The minimum Gasteiger partial charge on any atom is -0.326 e. The van der Waals surface area contributed by atoms with E-state index in [2.05, 4.69) is 5.32 Å². The van der Waals surface area contributed by atoms with Crippen LogP contribution in [0.5, 0.6) is 0 Å².